The van der Waals surface area contributed by atoms with Crippen molar-refractivity contribution < 1.29 is 4.79 Å². The summed E-state index contributed by atoms with van der Waals surface area (Å²) in [4.78, 5) is 16.2. The fourth-order valence-corrected chi connectivity index (χ4v) is 5.82. The van der Waals surface area contributed by atoms with E-state index in [4.69, 9.17) is 0 Å². The van der Waals surface area contributed by atoms with Gasteiger partial charge in [-0.3, -0.25) is 9.69 Å². The van der Waals surface area contributed by atoms with Gasteiger partial charge in [0.25, 0.3) is 5.91 Å². The summed E-state index contributed by atoms with van der Waals surface area (Å²) >= 11 is 1.44. The molecule has 6 rings (SSSR count). The van der Waals surface area contributed by atoms with Crippen LogP contribution in [0.4, 0.5) is 0 Å². The average Bonchev–Trinajstić information content (AvgIpc) is 3.26. The van der Waals surface area contributed by atoms with Crippen LogP contribution in [0.15, 0.2) is 24.3 Å². The van der Waals surface area contributed by atoms with E-state index >= 15 is 0 Å². The zero-order chi connectivity index (χ0) is 16.3. The number of hydrogen-bond acceptors (Lipinski definition) is 4. The number of nitrogens with zero attached hydrogens (tertiary/aromatic N) is 2. The normalized spacial score (nSPS) is 29.5. The monoisotopic (exact) mass is 337 g/mol. The van der Waals surface area contributed by atoms with E-state index in [1.807, 2.05) is 24.3 Å². The maximum atomic E-state index is 12.9. The standard InChI is InChI=1S/C19H19N3OS/c20-11-14-3-1-2-13-10-15(24-16(13)14)18(23)21-17-12-4-8-22(9-5-12)19(17)6-7-19/h1-3,10,12,17H,4-9H2,(H,21,23)/t17-/m0/s1. The van der Waals surface area contributed by atoms with E-state index in [0.717, 1.165) is 15.0 Å². The minimum Gasteiger partial charge on any atom is -0.346 e. The van der Waals surface area contributed by atoms with Crippen LogP contribution in [-0.2, 0) is 0 Å². The Kier molecular flexibility index (Phi) is 3.04. The first-order chi connectivity index (χ1) is 11.7. The van der Waals surface area contributed by atoms with Crippen molar-refractivity contribution in [1.29, 1.82) is 5.26 Å². The lowest BCUT2D eigenvalue weighted by Crippen LogP contribution is -2.65. The van der Waals surface area contributed by atoms with Crippen molar-refractivity contribution in [1.82, 2.24) is 10.2 Å². The first-order valence-corrected chi connectivity index (χ1v) is 9.51. The highest BCUT2D eigenvalue weighted by atomic mass is 32.1. The lowest BCUT2D eigenvalue weighted by molar-refractivity contribution is -0.00138. The molecule has 1 N–H and O–H groups in total. The fourth-order valence-electron chi connectivity index (χ4n) is 4.80. The Morgan fingerprint density at radius 2 is 2.12 bits per heavy atom. The topological polar surface area (TPSA) is 56.1 Å². The Balaban J connectivity index is 1.44. The van der Waals surface area contributed by atoms with Gasteiger partial charge in [-0.15, -0.1) is 11.3 Å². The summed E-state index contributed by atoms with van der Waals surface area (Å²) in [6.07, 6.45) is 4.86. The van der Waals surface area contributed by atoms with E-state index < -0.39 is 0 Å². The largest absolute Gasteiger partial charge is 0.346 e. The first-order valence-electron chi connectivity index (χ1n) is 8.70. The van der Waals surface area contributed by atoms with Crippen molar-refractivity contribution in [2.75, 3.05) is 13.1 Å². The Hall–Kier alpha value is -1.90. The molecule has 4 heterocycles. The summed E-state index contributed by atoms with van der Waals surface area (Å²) in [5.41, 5.74) is 0.906. The molecule has 4 aliphatic rings. The first kappa shape index (κ1) is 14.4. The number of rotatable bonds is 2. The second-order valence-electron chi connectivity index (χ2n) is 7.33. The number of thiophene rings is 1. The molecule has 122 valence electrons. The highest BCUT2D eigenvalue weighted by molar-refractivity contribution is 7.21. The molecule has 4 nitrogen and oxygen atoms in total. The number of fused-ring (bicyclic) bond motifs is 3. The third-order valence-corrected chi connectivity index (χ3v) is 7.34. The van der Waals surface area contributed by atoms with Gasteiger partial charge in [0.1, 0.15) is 6.07 Å². The second-order valence-corrected chi connectivity index (χ2v) is 8.38. The van der Waals surface area contributed by atoms with Crippen molar-refractivity contribution in [3.8, 4) is 6.07 Å². The van der Waals surface area contributed by atoms with Crippen molar-refractivity contribution in [2.45, 2.75) is 37.3 Å². The molecule has 0 unspecified atom stereocenters. The molecule has 1 aromatic heterocycles. The maximum absolute atomic E-state index is 12.9. The molecule has 3 saturated heterocycles. The molecule has 1 aliphatic carbocycles. The van der Waals surface area contributed by atoms with E-state index in [-0.39, 0.29) is 11.4 Å². The predicted molar refractivity (Wildman–Crippen MR) is 94.1 cm³/mol. The van der Waals surface area contributed by atoms with Crippen molar-refractivity contribution >= 4 is 27.3 Å². The van der Waals surface area contributed by atoms with Gasteiger partial charge in [-0.05, 0) is 62.2 Å². The third-order valence-electron chi connectivity index (χ3n) is 6.16. The van der Waals surface area contributed by atoms with Crippen LogP contribution in [-0.4, -0.2) is 35.5 Å². The maximum Gasteiger partial charge on any atom is 0.261 e. The van der Waals surface area contributed by atoms with Crippen LogP contribution < -0.4 is 5.32 Å². The summed E-state index contributed by atoms with van der Waals surface area (Å²) in [7, 11) is 0. The van der Waals surface area contributed by atoms with Gasteiger partial charge in [-0.2, -0.15) is 5.26 Å². The minimum absolute atomic E-state index is 0.0325. The molecule has 2 aromatic rings. The third kappa shape index (κ3) is 1.96. The van der Waals surface area contributed by atoms with E-state index in [1.165, 1.54) is 50.1 Å². The van der Waals surface area contributed by atoms with Crippen LogP contribution in [0.2, 0.25) is 0 Å². The Labute approximate surface area is 145 Å². The molecule has 4 fully saturated rings. The van der Waals surface area contributed by atoms with Crippen molar-refractivity contribution in [3.63, 3.8) is 0 Å². The van der Waals surface area contributed by atoms with Gasteiger partial charge in [0.05, 0.1) is 21.2 Å². The fraction of sp³-hybridized carbons (Fsp3) is 0.474. The van der Waals surface area contributed by atoms with Gasteiger partial charge in [0.2, 0.25) is 0 Å². The van der Waals surface area contributed by atoms with Crippen LogP contribution in [0.1, 0.15) is 40.9 Å². The molecular weight excluding hydrogens is 318 g/mol. The molecule has 1 amide bonds. The Morgan fingerprint density at radius 3 is 2.83 bits per heavy atom. The summed E-state index contributed by atoms with van der Waals surface area (Å²) in [6, 6.07) is 10.1. The average molecular weight is 337 g/mol. The van der Waals surface area contributed by atoms with Gasteiger partial charge in [0.15, 0.2) is 0 Å². The number of benzene rings is 1. The van der Waals surface area contributed by atoms with Gasteiger partial charge in [-0.1, -0.05) is 12.1 Å². The number of piperidine rings is 3. The molecule has 1 atom stereocenters. The van der Waals surface area contributed by atoms with Gasteiger partial charge in [0, 0.05) is 5.54 Å². The summed E-state index contributed by atoms with van der Waals surface area (Å²) in [5, 5.41) is 13.6. The second kappa shape index (κ2) is 5.05. The van der Waals surface area contributed by atoms with Gasteiger partial charge in [-0.25, -0.2) is 0 Å². The molecule has 1 saturated carbocycles. The molecule has 1 aromatic carbocycles. The van der Waals surface area contributed by atoms with E-state index in [0.29, 0.717) is 17.5 Å². The SMILES string of the molecule is N#Cc1cccc2cc(C(=O)N[C@H]3C4CCN(CC4)C34CC4)sc12. The number of hydrogen-bond donors (Lipinski definition) is 1. The highest BCUT2D eigenvalue weighted by Crippen LogP contribution is 2.53. The Morgan fingerprint density at radius 1 is 1.33 bits per heavy atom. The van der Waals surface area contributed by atoms with E-state index in [1.54, 1.807) is 0 Å². The lowest BCUT2D eigenvalue weighted by Gasteiger charge is -2.52. The zero-order valence-electron chi connectivity index (χ0n) is 13.4. The number of carbonyl (C=O) groups is 1. The van der Waals surface area contributed by atoms with Crippen LogP contribution in [0.5, 0.6) is 0 Å². The number of nitrogens with one attached hydrogen (secondary N) is 1. The highest BCUT2D eigenvalue weighted by Gasteiger charge is 2.60. The van der Waals surface area contributed by atoms with Crippen LogP contribution in [0, 0.1) is 17.2 Å². The lowest BCUT2D eigenvalue weighted by atomic mass is 9.77. The molecule has 2 bridgehead atoms. The molecule has 3 aliphatic heterocycles. The van der Waals surface area contributed by atoms with Crippen molar-refractivity contribution in [2.24, 2.45) is 5.92 Å². The minimum atomic E-state index is 0.0325. The van der Waals surface area contributed by atoms with Crippen molar-refractivity contribution in [3.05, 3.63) is 34.7 Å². The Bertz CT molecular complexity index is 868. The molecule has 1 spiro atoms. The van der Waals surface area contributed by atoms with E-state index in [2.05, 4.69) is 16.3 Å². The number of amides is 1. The number of nitriles is 1. The summed E-state index contributed by atoms with van der Waals surface area (Å²) < 4.78 is 0.917. The summed E-state index contributed by atoms with van der Waals surface area (Å²) in [5.74, 6) is 0.663. The molecule has 5 heteroatoms. The van der Waals surface area contributed by atoms with Gasteiger partial charge >= 0.3 is 0 Å². The quantitative estimate of drug-likeness (QED) is 0.916. The summed E-state index contributed by atoms with van der Waals surface area (Å²) in [6.45, 7) is 2.40. The molecule has 0 radical (unpaired) electrons. The van der Waals surface area contributed by atoms with Gasteiger partial charge < -0.3 is 5.32 Å². The zero-order valence-corrected chi connectivity index (χ0v) is 14.2. The van der Waals surface area contributed by atoms with Crippen LogP contribution in [0.3, 0.4) is 0 Å². The van der Waals surface area contributed by atoms with Crippen LogP contribution in [0.25, 0.3) is 10.1 Å². The van der Waals surface area contributed by atoms with E-state index in [9.17, 15) is 10.1 Å². The smallest absolute Gasteiger partial charge is 0.261 e. The molecular formula is C19H19N3OS. The number of carbonyl (C=O) groups excluding carboxylic acids is 1. The van der Waals surface area contributed by atoms with Crippen LogP contribution >= 0.6 is 11.3 Å². The predicted octanol–water partition coefficient (Wildman–Crippen LogP) is 3.13. The molecule has 24 heavy (non-hydrogen) atoms.